The zero-order valence-corrected chi connectivity index (χ0v) is 10.4. The minimum atomic E-state index is 0.105. The second kappa shape index (κ2) is 4.55. The van der Waals surface area contributed by atoms with E-state index >= 15 is 0 Å². The number of hydrogen-bond acceptors (Lipinski definition) is 4. The van der Waals surface area contributed by atoms with E-state index in [1.165, 1.54) is 9.09 Å². The summed E-state index contributed by atoms with van der Waals surface area (Å²) in [6, 6.07) is 2.44. The number of carbonyl (C=O) groups excluding carboxylic acids is 1. The smallest absolute Gasteiger partial charge is 0.234 e. The van der Waals surface area contributed by atoms with Gasteiger partial charge in [0.05, 0.1) is 15.6 Å². The van der Waals surface area contributed by atoms with Gasteiger partial charge in [-0.3, -0.25) is 4.79 Å². The molecule has 2 heterocycles. The topological polar surface area (TPSA) is 41.1 Å². The quantitative estimate of drug-likeness (QED) is 0.855. The normalized spacial score (nSPS) is 17.1. The fraction of sp³-hybridized carbons (Fsp3) is 0.500. The van der Waals surface area contributed by atoms with Crippen molar-refractivity contribution in [1.29, 1.82) is 0 Å². The lowest BCUT2D eigenvalue weighted by atomic mass is 10.2. The van der Waals surface area contributed by atoms with E-state index in [0.29, 0.717) is 11.8 Å². The zero-order valence-electron chi connectivity index (χ0n) is 8.79. The molecule has 0 spiro atoms. The largest absolute Gasteiger partial charge is 0.324 e. The predicted molar refractivity (Wildman–Crippen MR) is 65.8 cm³/mol. The van der Waals surface area contributed by atoms with E-state index in [0.717, 1.165) is 12.2 Å². The fourth-order valence-corrected chi connectivity index (χ4v) is 3.70. The summed E-state index contributed by atoms with van der Waals surface area (Å²) in [7, 11) is 0. The van der Waals surface area contributed by atoms with Crippen molar-refractivity contribution >= 4 is 34.7 Å². The summed E-state index contributed by atoms with van der Waals surface area (Å²) in [5.74, 6) is 0.649. The van der Waals surface area contributed by atoms with E-state index in [1.54, 1.807) is 23.1 Å². The number of fused-ring (bicyclic) bond motifs is 1. The summed E-state index contributed by atoms with van der Waals surface area (Å²) in [5.41, 5.74) is 0.987. The van der Waals surface area contributed by atoms with Crippen LogP contribution in [0.15, 0.2) is 10.3 Å². The van der Waals surface area contributed by atoms with Crippen LogP contribution < -0.4 is 10.6 Å². The van der Waals surface area contributed by atoms with Gasteiger partial charge in [-0.25, -0.2) is 0 Å². The third kappa shape index (κ3) is 2.35. The highest BCUT2D eigenvalue weighted by Crippen LogP contribution is 2.40. The van der Waals surface area contributed by atoms with Gasteiger partial charge >= 0.3 is 0 Å². The zero-order chi connectivity index (χ0) is 10.8. The number of carbonyl (C=O) groups is 1. The van der Waals surface area contributed by atoms with Crippen LogP contribution in [0.2, 0.25) is 0 Å². The average Bonchev–Trinajstić information content (AvgIpc) is 2.60. The molecule has 0 aliphatic carbocycles. The molecule has 1 atom stereocenters. The molecule has 0 saturated carbocycles. The maximum atomic E-state index is 11.2. The Kier molecular flexibility index (Phi) is 3.33. The molecule has 1 aliphatic rings. The Morgan fingerprint density at radius 3 is 3.20 bits per heavy atom. The molecule has 0 bridgehead atoms. The highest BCUT2D eigenvalue weighted by atomic mass is 32.2. The van der Waals surface area contributed by atoms with E-state index in [1.807, 2.05) is 0 Å². The minimum Gasteiger partial charge on any atom is -0.324 e. The number of thioether (sulfide) groups is 1. The maximum Gasteiger partial charge on any atom is 0.234 e. The van der Waals surface area contributed by atoms with Crippen molar-refractivity contribution in [3.05, 3.63) is 10.9 Å². The summed E-state index contributed by atoms with van der Waals surface area (Å²) < 4.78 is 1.23. The van der Waals surface area contributed by atoms with E-state index < -0.39 is 0 Å². The van der Waals surface area contributed by atoms with Gasteiger partial charge in [-0.1, -0.05) is 6.92 Å². The van der Waals surface area contributed by atoms with Gasteiger partial charge in [-0.05, 0) is 19.5 Å². The third-order valence-electron chi connectivity index (χ3n) is 2.26. The third-order valence-corrected chi connectivity index (χ3v) is 4.87. The van der Waals surface area contributed by atoms with Gasteiger partial charge in [0, 0.05) is 10.9 Å². The van der Waals surface area contributed by atoms with E-state index in [4.69, 9.17) is 0 Å². The predicted octanol–water partition coefficient (Wildman–Crippen LogP) is 2.46. The Hall–Kier alpha value is -0.520. The summed E-state index contributed by atoms with van der Waals surface area (Å²) in [4.78, 5) is 12.5. The molecule has 1 unspecified atom stereocenters. The number of nitrogens with one attached hydrogen (secondary N) is 2. The summed E-state index contributed by atoms with van der Waals surface area (Å²) >= 11 is 3.40. The Morgan fingerprint density at radius 2 is 2.47 bits per heavy atom. The molecular formula is C10H14N2OS2. The number of rotatable bonds is 3. The van der Waals surface area contributed by atoms with Crippen molar-refractivity contribution < 1.29 is 4.79 Å². The van der Waals surface area contributed by atoms with Crippen LogP contribution in [0.5, 0.6) is 0 Å². The molecule has 0 saturated heterocycles. The van der Waals surface area contributed by atoms with Crippen LogP contribution in [-0.4, -0.2) is 18.2 Å². The molecule has 0 radical (unpaired) electrons. The van der Waals surface area contributed by atoms with Crippen molar-refractivity contribution in [1.82, 2.24) is 5.32 Å². The molecule has 0 fully saturated rings. The van der Waals surface area contributed by atoms with Gasteiger partial charge in [0.2, 0.25) is 5.91 Å². The number of amides is 1. The second-order valence-electron chi connectivity index (χ2n) is 3.47. The van der Waals surface area contributed by atoms with Gasteiger partial charge in [-0.15, -0.1) is 23.1 Å². The lowest BCUT2D eigenvalue weighted by Gasteiger charge is -2.10. The Balaban J connectivity index is 2.18. The van der Waals surface area contributed by atoms with Gasteiger partial charge in [-0.2, -0.15) is 0 Å². The molecule has 2 N–H and O–H groups in total. The van der Waals surface area contributed by atoms with Crippen molar-refractivity contribution in [2.24, 2.45) is 0 Å². The molecule has 82 valence electrons. The molecule has 3 nitrogen and oxygen atoms in total. The SMILES string of the molecule is CCNC(C)c1cc2c(s1)SCC(=O)N2. The maximum absolute atomic E-state index is 11.2. The van der Waals surface area contributed by atoms with Crippen LogP contribution in [0.1, 0.15) is 24.8 Å². The van der Waals surface area contributed by atoms with Crippen LogP contribution in [0.4, 0.5) is 5.69 Å². The van der Waals surface area contributed by atoms with Crippen LogP contribution in [0.25, 0.3) is 0 Å². The fourth-order valence-electron chi connectivity index (χ4n) is 1.52. The molecule has 1 amide bonds. The first-order chi connectivity index (χ1) is 7.20. The first-order valence-electron chi connectivity index (χ1n) is 5.00. The monoisotopic (exact) mass is 242 g/mol. The van der Waals surface area contributed by atoms with E-state index in [9.17, 15) is 4.79 Å². The van der Waals surface area contributed by atoms with Crippen LogP contribution >= 0.6 is 23.1 Å². The van der Waals surface area contributed by atoms with Gasteiger partial charge in [0.15, 0.2) is 0 Å². The molecule has 1 aromatic rings. The Bertz CT molecular complexity index is 375. The lowest BCUT2D eigenvalue weighted by molar-refractivity contribution is -0.113. The standard InChI is InChI=1S/C10H14N2OS2/c1-3-11-6(2)8-4-7-10(15-8)14-5-9(13)12-7/h4,6,11H,3,5H2,1-2H3,(H,12,13). The minimum absolute atomic E-state index is 0.105. The Labute approximate surface area is 97.6 Å². The summed E-state index contributed by atoms with van der Waals surface area (Å²) in [5, 5.41) is 6.27. The molecule has 15 heavy (non-hydrogen) atoms. The molecule has 2 rings (SSSR count). The van der Waals surface area contributed by atoms with Crippen LogP contribution in [0.3, 0.4) is 0 Å². The van der Waals surface area contributed by atoms with Crippen molar-refractivity contribution in [3.8, 4) is 0 Å². The first-order valence-corrected chi connectivity index (χ1v) is 6.80. The van der Waals surface area contributed by atoms with Gasteiger partial charge in [0.1, 0.15) is 0 Å². The second-order valence-corrected chi connectivity index (χ2v) is 5.79. The van der Waals surface area contributed by atoms with Crippen molar-refractivity contribution in [3.63, 3.8) is 0 Å². The first kappa shape index (κ1) is 11.0. The van der Waals surface area contributed by atoms with Crippen molar-refractivity contribution in [2.75, 3.05) is 17.6 Å². The molecular weight excluding hydrogens is 228 g/mol. The molecule has 5 heteroatoms. The summed E-state index contributed by atoms with van der Waals surface area (Å²) in [6.07, 6.45) is 0. The van der Waals surface area contributed by atoms with E-state index in [2.05, 4.69) is 30.5 Å². The summed E-state index contributed by atoms with van der Waals surface area (Å²) in [6.45, 7) is 5.21. The van der Waals surface area contributed by atoms with Gasteiger partial charge < -0.3 is 10.6 Å². The molecule has 1 aromatic heterocycles. The number of anilines is 1. The molecule has 0 aromatic carbocycles. The Morgan fingerprint density at radius 1 is 1.67 bits per heavy atom. The van der Waals surface area contributed by atoms with Crippen LogP contribution in [0, 0.1) is 0 Å². The lowest BCUT2D eigenvalue weighted by Crippen LogP contribution is -2.17. The van der Waals surface area contributed by atoms with E-state index in [-0.39, 0.29) is 5.91 Å². The van der Waals surface area contributed by atoms with Crippen molar-refractivity contribution in [2.45, 2.75) is 24.1 Å². The highest BCUT2D eigenvalue weighted by Gasteiger charge is 2.20. The number of hydrogen-bond donors (Lipinski definition) is 2. The average molecular weight is 242 g/mol. The highest BCUT2D eigenvalue weighted by molar-refractivity contribution is 8.02. The molecule has 1 aliphatic heterocycles. The van der Waals surface area contributed by atoms with Crippen LogP contribution in [-0.2, 0) is 4.79 Å². The number of thiophene rings is 1. The van der Waals surface area contributed by atoms with Gasteiger partial charge in [0.25, 0.3) is 0 Å².